The van der Waals surface area contributed by atoms with Crippen molar-refractivity contribution in [2.75, 3.05) is 13.4 Å². The number of hydrogen-bond acceptors (Lipinski definition) is 6. The molecule has 126 valence electrons. The molecule has 0 saturated carbocycles. The van der Waals surface area contributed by atoms with Gasteiger partial charge in [-0.25, -0.2) is 8.99 Å². The Balaban J connectivity index is 2.09. The predicted molar refractivity (Wildman–Crippen MR) is 94.6 cm³/mol. The third kappa shape index (κ3) is 3.39. The highest BCUT2D eigenvalue weighted by Crippen LogP contribution is 2.34. The van der Waals surface area contributed by atoms with Gasteiger partial charge in [-0.2, -0.15) is 5.26 Å². The van der Waals surface area contributed by atoms with Gasteiger partial charge in [-0.3, -0.25) is 4.98 Å². The van der Waals surface area contributed by atoms with E-state index in [1.54, 1.807) is 49.6 Å². The molecule has 1 N–H and O–H groups in total. The van der Waals surface area contributed by atoms with Crippen LogP contribution in [0, 0.1) is 16.1 Å². The molecule has 0 bridgehead atoms. The van der Waals surface area contributed by atoms with Crippen molar-refractivity contribution in [3.8, 4) is 23.3 Å². The highest BCUT2D eigenvalue weighted by molar-refractivity contribution is 7.91. The molecular formula is C18H15N3O3S. The van der Waals surface area contributed by atoms with E-state index < -0.39 is 9.73 Å². The van der Waals surface area contributed by atoms with Crippen LogP contribution in [0.4, 0.5) is 0 Å². The van der Waals surface area contributed by atoms with Crippen LogP contribution in [-0.2, 0) is 9.73 Å². The number of benzene rings is 2. The van der Waals surface area contributed by atoms with Crippen LogP contribution in [0.3, 0.4) is 0 Å². The molecule has 3 aromatic rings. The van der Waals surface area contributed by atoms with E-state index in [4.69, 9.17) is 14.3 Å². The monoisotopic (exact) mass is 353 g/mol. The smallest absolute Gasteiger partial charge is 0.156 e. The Morgan fingerprint density at radius 2 is 1.84 bits per heavy atom. The van der Waals surface area contributed by atoms with E-state index in [1.807, 2.05) is 0 Å². The van der Waals surface area contributed by atoms with Crippen LogP contribution in [0.15, 0.2) is 53.6 Å². The maximum atomic E-state index is 11.8. The molecule has 2 aromatic carbocycles. The first-order valence-electron chi connectivity index (χ1n) is 7.31. The summed E-state index contributed by atoms with van der Waals surface area (Å²) in [6.07, 6.45) is 2.82. The van der Waals surface area contributed by atoms with Gasteiger partial charge < -0.3 is 9.47 Å². The number of nitriles is 1. The summed E-state index contributed by atoms with van der Waals surface area (Å²) >= 11 is 0. The maximum Gasteiger partial charge on any atom is 0.156 e. The molecular weight excluding hydrogens is 338 g/mol. The van der Waals surface area contributed by atoms with E-state index in [-0.39, 0.29) is 0 Å². The van der Waals surface area contributed by atoms with Crippen molar-refractivity contribution >= 4 is 20.6 Å². The molecule has 1 unspecified atom stereocenters. The zero-order chi connectivity index (χ0) is 18.0. The van der Waals surface area contributed by atoms with Gasteiger partial charge in [0.2, 0.25) is 0 Å². The summed E-state index contributed by atoms with van der Waals surface area (Å²) < 4.78 is 30.5. The highest BCUT2D eigenvalue weighted by Gasteiger charge is 2.13. The van der Waals surface area contributed by atoms with Gasteiger partial charge in [-0.15, -0.1) is 0 Å². The molecule has 7 heteroatoms. The fraction of sp³-hybridized carbons (Fsp3) is 0.111. The van der Waals surface area contributed by atoms with E-state index in [0.29, 0.717) is 38.6 Å². The Labute approximate surface area is 145 Å². The van der Waals surface area contributed by atoms with Crippen LogP contribution >= 0.6 is 0 Å². The Morgan fingerprint density at radius 1 is 1.16 bits per heavy atom. The van der Waals surface area contributed by atoms with Gasteiger partial charge in [0.05, 0.1) is 22.4 Å². The lowest BCUT2D eigenvalue weighted by atomic mass is 10.1. The summed E-state index contributed by atoms with van der Waals surface area (Å²) in [6.45, 7) is 0. The number of ether oxygens (including phenoxy) is 2. The van der Waals surface area contributed by atoms with E-state index in [9.17, 15) is 9.47 Å². The molecule has 0 aliphatic heterocycles. The molecule has 1 heterocycles. The zero-order valence-corrected chi connectivity index (χ0v) is 14.5. The minimum Gasteiger partial charge on any atom is -0.497 e. The second-order valence-electron chi connectivity index (χ2n) is 5.41. The molecule has 0 spiro atoms. The minimum atomic E-state index is -2.78. The SMILES string of the molecule is COc1ccc2ncc(C#N)c(Oc3ccc(S(C)(=N)=O)cc3)c2c1. The molecule has 0 amide bonds. The Kier molecular flexibility index (Phi) is 4.30. The lowest BCUT2D eigenvalue weighted by Gasteiger charge is -2.12. The van der Waals surface area contributed by atoms with Crippen molar-refractivity contribution in [2.24, 2.45) is 0 Å². The number of nitrogens with one attached hydrogen (secondary N) is 1. The van der Waals surface area contributed by atoms with Gasteiger partial charge in [-0.05, 0) is 42.5 Å². The van der Waals surface area contributed by atoms with E-state index in [2.05, 4.69) is 11.1 Å². The van der Waals surface area contributed by atoms with Gasteiger partial charge in [0.15, 0.2) is 5.75 Å². The largest absolute Gasteiger partial charge is 0.497 e. The molecule has 0 radical (unpaired) electrons. The first-order chi connectivity index (χ1) is 11.9. The standard InChI is InChI=1S/C18H15N3O3S/c1-23-14-5-8-17-16(9-14)18(12(10-19)11-21-17)24-13-3-6-15(7-4-13)25(2,20)22/h3-9,11,20H,1-2H3. The van der Waals surface area contributed by atoms with Crippen molar-refractivity contribution in [2.45, 2.75) is 4.90 Å². The first kappa shape index (κ1) is 16.7. The van der Waals surface area contributed by atoms with Crippen LogP contribution in [0.1, 0.15) is 5.56 Å². The number of methoxy groups -OCH3 is 1. The molecule has 25 heavy (non-hydrogen) atoms. The van der Waals surface area contributed by atoms with Gasteiger partial charge in [0.25, 0.3) is 0 Å². The molecule has 0 aliphatic carbocycles. The molecule has 0 saturated heterocycles. The quantitative estimate of drug-likeness (QED) is 0.766. The van der Waals surface area contributed by atoms with Crippen LogP contribution in [0.2, 0.25) is 0 Å². The van der Waals surface area contributed by atoms with Crippen molar-refractivity contribution in [3.63, 3.8) is 0 Å². The third-order valence-corrected chi connectivity index (χ3v) is 4.81. The van der Waals surface area contributed by atoms with Crippen molar-refractivity contribution in [1.82, 2.24) is 4.98 Å². The van der Waals surface area contributed by atoms with Crippen LogP contribution in [0.25, 0.3) is 10.9 Å². The fourth-order valence-corrected chi connectivity index (χ4v) is 3.00. The molecule has 6 nitrogen and oxygen atoms in total. The molecule has 1 aromatic heterocycles. The number of nitrogens with zero attached hydrogens (tertiary/aromatic N) is 2. The van der Waals surface area contributed by atoms with E-state index in [1.165, 1.54) is 12.5 Å². The van der Waals surface area contributed by atoms with Crippen LogP contribution in [-0.4, -0.2) is 22.6 Å². The van der Waals surface area contributed by atoms with Gasteiger partial charge in [0, 0.05) is 22.7 Å². The summed E-state index contributed by atoms with van der Waals surface area (Å²) in [7, 11) is -1.22. The normalized spacial score (nSPS) is 13.0. The molecule has 3 rings (SSSR count). The molecule has 0 fully saturated rings. The predicted octanol–water partition coefficient (Wildman–Crippen LogP) is 3.94. The number of fused-ring (bicyclic) bond motifs is 1. The maximum absolute atomic E-state index is 11.8. The second-order valence-corrected chi connectivity index (χ2v) is 7.57. The summed E-state index contributed by atoms with van der Waals surface area (Å²) in [5.74, 6) is 1.48. The highest BCUT2D eigenvalue weighted by atomic mass is 32.2. The third-order valence-electron chi connectivity index (χ3n) is 3.64. The van der Waals surface area contributed by atoms with Crippen LogP contribution in [0.5, 0.6) is 17.2 Å². The Hall–Kier alpha value is -3.11. The van der Waals surface area contributed by atoms with Crippen LogP contribution < -0.4 is 9.47 Å². The average Bonchev–Trinajstić information content (AvgIpc) is 2.61. The average molecular weight is 353 g/mol. The topological polar surface area (TPSA) is 96.1 Å². The Morgan fingerprint density at radius 3 is 2.44 bits per heavy atom. The second kappa shape index (κ2) is 6.42. The first-order valence-corrected chi connectivity index (χ1v) is 9.27. The molecule has 0 aliphatic rings. The van der Waals surface area contributed by atoms with Gasteiger partial charge in [-0.1, -0.05) is 0 Å². The van der Waals surface area contributed by atoms with E-state index >= 15 is 0 Å². The lowest BCUT2D eigenvalue weighted by Crippen LogP contribution is -1.96. The number of hydrogen-bond donors (Lipinski definition) is 1. The lowest BCUT2D eigenvalue weighted by molar-refractivity contribution is 0.415. The van der Waals surface area contributed by atoms with Crippen molar-refractivity contribution < 1.29 is 13.7 Å². The Bertz CT molecular complexity index is 1080. The fourth-order valence-electron chi connectivity index (χ4n) is 2.35. The van der Waals surface area contributed by atoms with Crippen molar-refractivity contribution in [1.29, 1.82) is 10.0 Å². The summed E-state index contributed by atoms with van der Waals surface area (Å²) in [5.41, 5.74) is 0.971. The van der Waals surface area contributed by atoms with Crippen molar-refractivity contribution in [3.05, 3.63) is 54.2 Å². The minimum absolute atomic E-state index is 0.296. The number of pyridine rings is 1. The summed E-state index contributed by atoms with van der Waals surface area (Å²) in [4.78, 5) is 4.67. The van der Waals surface area contributed by atoms with Gasteiger partial charge in [0.1, 0.15) is 23.1 Å². The van der Waals surface area contributed by atoms with E-state index in [0.717, 1.165) is 0 Å². The summed E-state index contributed by atoms with van der Waals surface area (Å²) in [5, 5.41) is 10.0. The number of rotatable bonds is 4. The summed E-state index contributed by atoms with van der Waals surface area (Å²) in [6, 6.07) is 13.8. The number of aromatic nitrogens is 1. The van der Waals surface area contributed by atoms with Gasteiger partial charge >= 0.3 is 0 Å². The zero-order valence-electron chi connectivity index (χ0n) is 13.6. The molecule has 1 atom stereocenters.